The molecule has 0 aromatic heterocycles. The Morgan fingerprint density at radius 3 is 2.15 bits per heavy atom. The minimum atomic E-state index is -4.08. The Balaban J connectivity index is 2.02. The monoisotopic (exact) mass is 551 g/mol. The van der Waals surface area contributed by atoms with Crippen LogP contribution in [-0.2, 0) is 26.2 Å². The number of nitrogens with zero attached hydrogens (tertiary/aromatic N) is 2. The van der Waals surface area contributed by atoms with Crippen LogP contribution in [0.15, 0.2) is 89.8 Å². The van der Waals surface area contributed by atoms with Crippen molar-refractivity contribution in [3.05, 3.63) is 90.5 Å². The maximum atomic E-state index is 14.0. The second-order valence-electron chi connectivity index (χ2n) is 9.60. The topological polar surface area (TPSA) is 96.0 Å². The predicted molar refractivity (Wildman–Crippen MR) is 153 cm³/mol. The second kappa shape index (κ2) is 13.8. The molecule has 8 nitrogen and oxygen atoms in total. The molecule has 9 heteroatoms. The van der Waals surface area contributed by atoms with E-state index in [2.05, 4.69) is 5.32 Å². The van der Waals surface area contributed by atoms with Crippen LogP contribution in [0.2, 0.25) is 0 Å². The van der Waals surface area contributed by atoms with Crippen LogP contribution in [0.1, 0.15) is 32.8 Å². The van der Waals surface area contributed by atoms with Gasteiger partial charge >= 0.3 is 0 Å². The van der Waals surface area contributed by atoms with Gasteiger partial charge in [-0.2, -0.15) is 0 Å². The molecular weight excluding hydrogens is 514 g/mol. The summed E-state index contributed by atoms with van der Waals surface area (Å²) in [5.74, 6) is 0.0840. The number of hydrogen-bond acceptors (Lipinski definition) is 5. The molecule has 0 saturated carbocycles. The first kappa shape index (κ1) is 29.7. The lowest BCUT2D eigenvalue weighted by molar-refractivity contribution is -0.140. The zero-order valence-corrected chi connectivity index (χ0v) is 23.7. The lowest BCUT2D eigenvalue weighted by Gasteiger charge is -2.33. The summed E-state index contributed by atoms with van der Waals surface area (Å²) >= 11 is 0. The van der Waals surface area contributed by atoms with E-state index in [9.17, 15) is 18.0 Å². The van der Waals surface area contributed by atoms with E-state index in [1.165, 1.54) is 17.0 Å². The van der Waals surface area contributed by atoms with Crippen molar-refractivity contribution in [1.82, 2.24) is 10.2 Å². The quantitative estimate of drug-likeness (QED) is 0.338. The molecule has 3 aromatic rings. The van der Waals surface area contributed by atoms with Gasteiger partial charge in [-0.1, -0.05) is 69.3 Å². The summed E-state index contributed by atoms with van der Waals surface area (Å²) in [5.41, 5.74) is 1.11. The summed E-state index contributed by atoms with van der Waals surface area (Å²) < 4.78 is 33.9. The number of nitrogens with one attached hydrogen (secondary N) is 1. The molecule has 0 radical (unpaired) electrons. The van der Waals surface area contributed by atoms with Crippen LogP contribution in [0.25, 0.3) is 0 Å². The molecule has 1 N–H and O–H groups in total. The fourth-order valence-corrected chi connectivity index (χ4v) is 5.59. The first-order chi connectivity index (χ1) is 18.7. The van der Waals surface area contributed by atoms with Crippen LogP contribution in [-0.4, -0.2) is 51.4 Å². The second-order valence-corrected chi connectivity index (χ2v) is 11.5. The summed E-state index contributed by atoms with van der Waals surface area (Å²) in [6.07, 6.45) is 0.358. The number of para-hydroxylation sites is 1. The number of ether oxygens (including phenoxy) is 1. The molecule has 0 aliphatic rings. The van der Waals surface area contributed by atoms with Crippen molar-refractivity contribution in [3.8, 4) is 5.75 Å². The average Bonchev–Trinajstić information content (AvgIpc) is 2.95. The SMILES string of the molecule is CCC(C(=O)NCC(C)C)N(Cc1cccc(OC)c1)C(=O)CN(c1ccccc1)S(=O)(=O)c1ccccc1. The van der Waals surface area contributed by atoms with Gasteiger partial charge in [-0.05, 0) is 54.3 Å². The Labute approximate surface area is 231 Å². The van der Waals surface area contributed by atoms with Gasteiger partial charge in [-0.25, -0.2) is 8.42 Å². The molecule has 0 bridgehead atoms. The number of carbonyl (C=O) groups excluding carboxylic acids is 2. The predicted octanol–water partition coefficient (Wildman–Crippen LogP) is 4.47. The van der Waals surface area contributed by atoms with Crippen molar-refractivity contribution in [1.29, 1.82) is 0 Å². The smallest absolute Gasteiger partial charge is 0.264 e. The van der Waals surface area contributed by atoms with Gasteiger partial charge in [-0.3, -0.25) is 13.9 Å². The zero-order valence-electron chi connectivity index (χ0n) is 22.9. The molecule has 0 aliphatic carbocycles. The van der Waals surface area contributed by atoms with Crippen molar-refractivity contribution in [2.75, 3.05) is 24.5 Å². The highest BCUT2D eigenvalue weighted by Crippen LogP contribution is 2.25. The minimum absolute atomic E-state index is 0.0720. The molecule has 0 saturated heterocycles. The number of sulfonamides is 1. The fourth-order valence-electron chi connectivity index (χ4n) is 4.15. The fraction of sp³-hybridized carbons (Fsp3) is 0.333. The van der Waals surface area contributed by atoms with Gasteiger partial charge in [0, 0.05) is 13.1 Å². The van der Waals surface area contributed by atoms with Crippen LogP contribution in [0, 0.1) is 5.92 Å². The number of methoxy groups -OCH3 is 1. The van der Waals surface area contributed by atoms with E-state index in [4.69, 9.17) is 4.74 Å². The summed E-state index contributed by atoms with van der Waals surface area (Å²) in [7, 11) is -2.52. The van der Waals surface area contributed by atoms with E-state index >= 15 is 0 Å². The van der Waals surface area contributed by atoms with E-state index in [1.54, 1.807) is 67.8 Å². The summed E-state index contributed by atoms with van der Waals surface area (Å²) in [4.78, 5) is 28.8. The van der Waals surface area contributed by atoms with Crippen molar-refractivity contribution >= 4 is 27.5 Å². The number of rotatable bonds is 13. The molecule has 3 aromatic carbocycles. The van der Waals surface area contributed by atoms with Crippen LogP contribution in [0.5, 0.6) is 5.75 Å². The summed E-state index contributed by atoms with van der Waals surface area (Å²) in [6.45, 7) is 5.92. The van der Waals surface area contributed by atoms with Gasteiger partial charge in [0.15, 0.2) is 0 Å². The molecule has 3 rings (SSSR count). The van der Waals surface area contributed by atoms with Crippen LogP contribution >= 0.6 is 0 Å². The standard InChI is InChI=1S/C30H37N3O5S/c1-5-28(30(35)31-20-23(2)3)32(21-24-13-12-16-26(19-24)38-4)29(34)22-33(25-14-8-6-9-15-25)39(36,37)27-17-10-7-11-18-27/h6-19,23,28H,5,20-22H2,1-4H3,(H,31,35). The maximum absolute atomic E-state index is 14.0. The normalized spacial score (nSPS) is 12.0. The third-order valence-electron chi connectivity index (χ3n) is 6.21. The Hall–Kier alpha value is -3.85. The molecule has 39 heavy (non-hydrogen) atoms. The lowest BCUT2D eigenvalue weighted by Crippen LogP contribution is -2.52. The highest BCUT2D eigenvalue weighted by atomic mass is 32.2. The van der Waals surface area contributed by atoms with Crippen LogP contribution in [0.4, 0.5) is 5.69 Å². The Bertz CT molecular complexity index is 1330. The molecule has 2 amide bonds. The van der Waals surface area contributed by atoms with E-state index < -0.39 is 28.5 Å². The molecule has 0 fully saturated rings. The number of carbonyl (C=O) groups is 2. The molecular formula is C30H37N3O5S. The molecule has 0 spiro atoms. The van der Waals surface area contributed by atoms with Crippen molar-refractivity contribution in [2.45, 2.75) is 44.7 Å². The highest BCUT2D eigenvalue weighted by Gasteiger charge is 2.33. The maximum Gasteiger partial charge on any atom is 0.264 e. The molecule has 0 aliphatic heterocycles. The number of amides is 2. The third-order valence-corrected chi connectivity index (χ3v) is 8.00. The number of anilines is 1. The minimum Gasteiger partial charge on any atom is -0.497 e. The summed E-state index contributed by atoms with van der Waals surface area (Å²) in [6, 6.07) is 23.0. The van der Waals surface area contributed by atoms with E-state index in [0.29, 0.717) is 24.4 Å². The number of benzene rings is 3. The Morgan fingerprint density at radius 1 is 0.923 bits per heavy atom. The van der Waals surface area contributed by atoms with E-state index in [0.717, 1.165) is 9.87 Å². The highest BCUT2D eigenvalue weighted by molar-refractivity contribution is 7.92. The van der Waals surface area contributed by atoms with Gasteiger partial charge in [-0.15, -0.1) is 0 Å². The molecule has 208 valence electrons. The largest absolute Gasteiger partial charge is 0.497 e. The van der Waals surface area contributed by atoms with Crippen LogP contribution in [0.3, 0.4) is 0 Å². The average molecular weight is 552 g/mol. The zero-order chi connectivity index (χ0) is 28.4. The third kappa shape index (κ3) is 7.83. The number of hydrogen-bond donors (Lipinski definition) is 1. The van der Waals surface area contributed by atoms with Crippen molar-refractivity contribution in [3.63, 3.8) is 0 Å². The van der Waals surface area contributed by atoms with Gasteiger partial charge in [0.2, 0.25) is 11.8 Å². The first-order valence-electron chi connectivity index (χ1n) is 13.0. The van der Waals surface area contributed by atoms with Gasteiger partial charge in [0.25, 0.3) is 10.0 Å². The Morgan fingerprint density at radius 2 is 1.56 bits per heavy atom. The summed E-state index contributed by atoms with van der Waals surface area (Å²) in [5, 5.41) is 2.93. The first-order valence-corrected chi connectivity index (χ1v) is 14.4. The van der Waals surface area contributed by atoms with Gasteiger partial charge < -0.3 is 15.0 Å². The van der Waals surface area contributed by atoms with E-state index in [-0.39, 0.29) is 23.3 Å². The van der Waals surface area contributed by atoms with Crippen molar-refractivity contribution in [2.24, 2.45) is 5.92 Å². The van der Waals surface area contributed by atoms with Crippen LogP contribution < -0.4 is 14.4 Å². The lowest BCUT2D eigenvalue weighted by atomic mass is 10.1. The molecule has 1 unspecified atom stereocenters. The molecule has 0 heterocycles. The Kier molecular flexibility index (Phi) is 10.5. The van der Waals surface area contributed by atoms with Crippen molar-refractivity contribution < 1.29 is 22.7 Å². The van der Waals surface area contributed by atoms with E-state index in [1.807, 2.05) is 32.9 Å². The van der Waals surface area contributed by atoms with Gasteiger partial charge in [0.1, 0.15) is 18.3 Å². The molecule has 1 atom stereocenters. The van der Waals surface area contributed by atoms with Gasteiger partial charge in [0.05, 0.1) is 17.7 Å².